The van der Waals surface area contributed by atoms with E-state index in [2.05, 4.69) is 28.5 Å². The Morgan fingerprint density at radius 3 is 3.40 bits per heavy atom. The number of hydrogen-bond donors (Lipinski definition) is 0. The van der Waals surface area contributed by atoms with Gasteiger partial charge in [0.05, 0.1) is 5.69 Å². The predicted octanol–water partition coefficient (Wildman–Crippen LogP) is 1.24. The Morgan fingerprint density at radius 1 is 1.50 bits per heavy atom. The molecule has 1 radical (unpaired) electrons. The molecule has 0 bridgehead atoms. The highest BCUT2D eigenvalue weighted by Gasteiger charge is 2.03. The highest BCUT2D eigenvalue weighted by atomic mass is 15.1. The highest BCUT2D eigenvalue weighted by Crippen LogP contribution is 2.14. The first-order chi connectivity index (χ1) is 4.97. The first kappa shape index (κ1) is 5.59. The van der Waals surface area contributed by atoms with Crippen LogP contribution in [-0.4, -0.2) is 10.2 Å². The van der Waals surface area contributed by atoms with Crippen LogP contribution in [0, 0.1) is 6.20 Å². The Kier molecular flexibility index (Phi) is 1.24. The van der Waals surface area contributed by atoms with Crippen LogP contribution in [0.4, 0.5) is 0 Å². The van der Waals surface area contributed by atoms with E-state index >= 15 is 0 Å². The Balaban J connectivity index is 2.54. The van der Waals surface area contributed by atoms with Crippen molar-refractivity contribution in [3.63, 3.8) is 0 Å². The summed E-state index contributed by atoms with van der Waals surface area (Å²) < 4.78 is 0. The molecule has 0 atom stereocenters. The van der Waals surface area contributed by atoms with Gasteiger partial charge in [0.15, 0.2) is 0 Å². The molecule has 1 aliphatic carbocycles. The Hall–Kier alpha value is -1.18. The molecular formula is C8H7N2. The zero-order valence-electron chi connectivity index (χ0n) is 5.54. The van der Waals surface area contributed by atoms with Gasteiger partial charge in [0, 0.05) is 0 Å². The van der Waals surface area contributed by atoms with Gasteiger partial charge in [0.1, 0.15) is 6.20 Å². The Labute approximate surface area is 59.6 Å². The van der Waals surface area contributed by atoms with Gasteiger partial charge in [-0.3, -0.25) is 0 Å². The van der Waals surface area contributed by atoms with Crippen molar-refractivity contribution in [2.75, 3.05) is 0 Å². The van der Waals surface area contributed by atoms with Gasteiger partial charge >= 0.3 is 0 Å². The topological polar surface area (TPSA) is 25.8 Å². The zero-order chi connectivity index (χ0) is 6.81. The van der Waals surface area contributed by atoms with Gasteiger partial charge in [-0.2, -0.15) is 5.10 Å². The number of nitrogens with zero attached hydrogens (tertiary/aromatic N) is 2. The molecule has 1 aromatic rings. The lowest BCUT2D eigenvalue weighted by molar-refractivity contribution is 0.859. The van der Waals surface area contributed by atoms with Crippen LogP contribution in [0.1, 0.15) is 17.7 Å². The number of fused-ring (bicyclic) bond motifs is 1. The zero-order valence-corrected chi connectivity index (χ0v) is 5.54. The molecule has 0 amide bonds. The van der Waals surface area contributed by atoms with Gasteiger partial charge in [-0.15, -0.1) is 5.10 Å². The van der Waals surface area contributed by atoms with Crippen molar-refractivity contribution >= 4 is 6.08 Å². The van der Waals surface area contributed by atoms with E-state index in [0.717, 1.165) is 18.5 Å². The Morgan fingerprint density at radius 2 is 2.50 bits per heavy atom. The second kappa shape index (κ2) is 2.21. The van der Waals surface area contributed by atoms with E-state index in [0.29, 0.717) is 0 Å². The van der Waals surface area contributed by atoms with Crippen LogP contribution in [0.15, 0.2) is 12.1 Å². The number of hydrogen-bond acceptors (Lipinski definition) is 2. The first-order valence-corrected chi connectivity index (χ1v) is 3.36. The van der Waals surface area contributed by atoms with Crippen LogP contribution >= 0.6 is 0 Å². The average Bonchev–Trinajstić information content (AvgIpc) is 2.05. The quantitative estimate of drug-likeness (QED) is 0.529. The molecule has 1 aliphatic rings. The molecule has 2 nitrogen and oxygen atoms in total. The summed E-state index contributed by atoms with van der Waals surface area (Å²) in [6.45, 7) is 0. The van der Waals surface area contributed by atoms with Crippen molar-refractivity contribution in [3.8, 4) is 0 Å². The summed E-state index contributed by atoms with van der Waals surface area (Å²) in [5, 5.41) is 7.65. The summed E-state index contributed by atoms with van der Waals surface area (Å²) in [6.07, 6.45) is 9.04. The van der Waals surface area contributed by atoms with Crippen LogP contribution in [0.2, 0.25) is 0 Å². The van der Waals surface area contributed by atoms with Gasteiger partial charge in [-0.25, -0.2) is 0 Å². The van der Waals surface area contributed by atoms with E-state index in [-0.39, 0.29) is 0 Å². The number of aromatic nitrogens is 2. The molecule has 0 aromatic carbocycles. The van der Waals surface area contributed by atoms with Crippen LogP contribution in [-0.2, 0) is 6.42 Å². The molecule has 1 aromatic heterocycles. The highest BCUT2D eigenvalue weighted by molar-refractivity contribution is 5.52. The minimum absolute atomic E-state index is 1.02. The molecule has 0 unspecified atom stereocenters. The Bertz CT molecular complexity index is 266. The molecule has 10 heavy (non-hydrogen) atoms. The van der Waals surface area contributed by atoms with Crippen LogP contribution in [0.5, 0.6) is 0 Å². The first-order valence-electron chi connectivity index (χ1n) is 3.36. The standard InChI is InChI=1S/C8H7N2/c1-2-4-8-7(3-1)5-6-9-10-8/h1,3,5H,2,4H2. The third kappa shape index (κ3) is 0.817. The molecule has 0 fully saturated rings. The summed E-state index contributed by atoms with van der Waals surface area (Å²) >= 11 is 0. The second-order valence-electron chi connectivity index (χ2n) is 2.32. The van der Waals surface area contributed by atoms with Crippen molar-refractivity contribution in [1.29, 1.82) is 0 Å². The number of rotatable bonds is 0. The minimum atomic E-state index is 1.02. The maximum Gasteiger partial charge on any atom is 0.114 e. The van der Waals surface area contributed by atoms with E-state index in [1.54, 1.807) is 0 Å². The molecular weight excluding hydrogens is 124 g/mol. The summed E-state index contributed by atoms with van der Waals surface area (Å²) in [7, 11) is 0. The fraction of sp³-hybridized carbons (Fsp3) is 0.250. The molecule has 0 aliphatic heterocycles. The molecule has 0 saturated heterocycles. The third-order valence-corrected chi connectivity index (χ3v) is 1.63. The lowest BCUT2D eigenvalue weighted by Crippen LogP contribution is -1.98. The fourth-order valence-electron chi connectivity index (χ4n) is 1.10. The summed E-state index contributed by atoms with van der Waals surface area (Å²) in [6, 6.07) is 1.87. The monoisotopic (exact) mass is 131 g/mol. The molecule has 49 valence electrons. The van der Waals surface area contributed by atoms with Gasteiger partial charge < -0.3 is 0 Å². The summed E-state index contributed by atoms with van der Waals surface area (Å²) in [5.41, 5.74) is 2.27. The maximum atomic E-state index is 3.96. The molecule has 2 heteroatoms. The third-order valence-electron chi connectivity index (χ3n) is 1.63. The lowest BCUT2D eigenvalue weighted by Gasteiger charge is -2.05. The van der Waals surface area contributed by atoms with Crippen molar-refractivity contribution in [2.45, 2.75) is 12.8 Å². The average molecular weight is 131 g/mol. The van der Waals surface area contributed by atoms with E-state index < -0.39 is 0 Å². The van der Waals surface area contributed by atoms with Crippen LogP contribution in [0.3, 0.4) is 0 Å². The van der Waals surface area contributed by atoms with Crippen LogP contribution < -0.4 is 0 Å². The fourth-order valence-corrected chi connectivity index (χ4v) is 1.10. The van der Waals surface area contributed by atoms with E-state index in [1.165, 1.54) is 5.56 Å². The summed E-state index contributed by atoms with van der Waals surface area (Å²) in [5.74, 6) is 0. The lowest BCUT2D eigenvalue weighted by atomic mass is 10.0. The molecule has 2 rings (SSSR count). The van der Waals surface area contributed by atoms with Gasteiger partial charge in [-0.1, -0.05) is 12.2 Å². The van der Waals surface area contributed by atoms with Gasteiger partial charge in [0.25, 0.3) is 0 Å². The SMILES string of the molecule is [c]1cc2c(nn1)CCC=C2. The van der Waals surface area contributed by atoms with E-state index in [4.69, 9.17) is 0 Å². The molecule has 0 saturated carbocycles. The smallest absolute Gasteiger partial charge is 0.114 e. The van der Waals surface area contributed by atoms with Crippen LogP contribution in [0.25, 0.3) is 6.08 Å². The second-order valence-corrected chi connectivity index (χ2v) is 2.32. The van der Waals surface area contributed by atoms with Crippen molar-refractivity contribution in [1.82, 2.24) is 10.2 Å². The summed E-state index contributed by atoms with van der Waals surface area (Å²) in [4.78, 5) is 0. The predicted molar refractivity (Wildman–Crippen MR) is 38.2 cm³/mol. The maximum absolute atomic E-state index is 3.96. The number of aryl methyl sites for hydroxylation is 1. The number of allylic oxidation sites excluding steroid dienone is 1. The van der Waals surface area contributed by atoms with E-state index in [1.807, 2.05) is 6.07 Å². The van der Waals surface area contributed by atoms with E-state index in [9.17, 15) is 0 Å². The molecule has 0 N–H and O–H groups in total. The molecule has 0 spiro atoms. The van der Waals surface area contributed by atoms with Crippen molar-refractivity contribution < 1.29 is 0 Å². The minimum Gasteiger partial charge on any atom is -0.154 e. The largest absolute Gasteiger partial charge is 0.154 e. The molecule has 1 heterocycles. The van der Waals surface area contributed by atoms with Crippen molar-refractivity contribution in [2.24, 2.45) is 0 Å². The van der Waals surface area contributed by atoms with Gasteiger partial charge in [0.2, 0.25) is 0 Å². The van der Waals surface area contributed by atoms with Crippen molar-refractivity contribution in [3.05, 3.63) is 29.6 Å². The van der Waals surface area contributed by atoms with Gasteiger partial charge in [-0.05, 0) is 24.5 Å². The normalized spacial score (nSPS) is 14.8.